The van der Waals surface area contributed by atoms with Gasteiger partial charge >= 0.3 is 0 Å². The van der Waals surface area contributed by atoms with E-state index in [-0.39, 0.29) is 5.92 Å². The summed E-state index contributed by atoms with van der Waals surface area (Å²) in [7, 11) is 1.65. The van der Waals surface area contributed by atoms with Crippen molar-refractivity contribution in [3.8, 4) is 16.9 Å². The van der Waals surface area contributed by atoms with E-state index in [0.29, 0.717) is 0 Å². The van der Waals surface area contributed by atoms with Crippen molar-refractivity contribution in [2.24, 2.45) is 0 Å². The van der Waals surface area contributed by atoms with E-state index in [4.69, 9.17) is 4.74 Å². The van der Waals surface area contributed by atoms with Gasteiger partial charge in [0.15, 0.2) is 0 Å². The van der Waals surface area contributed by atoms with Gasteiger partial charge in [-0.05, 0) is 53.8 Å². The minimum absolute atomic E-state index is 0.131. The van der Waals surface area contributed by atoms with Crippen LogP contribution in [0.4, 0.5) is 0 Å². The van der Waals surface area contributed by atoms with E-state index in [1.54, 1.807) is 7.11 Å². The second kappa shape index (κ2) is 5.91. The molecule has 0 saturated carbocycles. The summed E-state index contributed by atoms with van der Waals surface area (Å²) in [6.45, 7) is 6.10. The Morgan fingerprint density at radius 3 is 2.30 bits per heavy atom. The van der Waals surface area contributed by atoms with Gasteiger partial charge in [0.25, 0.3) is 0 Å². The van der Waals surface area contributed by atoms with Crippen molar-refractivity contribution in [1.82, 2.24) is 0 Å². The number of carbonyl (C=O) groups is 1. The number of hydrogen-bond acceptors (Lipinski definition) is 2. The number of aldehydes is 1. The molecule has 0 aliphatic heterocycles. The molecule has 2 heteroatoms. The zero-order chi connectivity index (χ0) is 14.7. The summed E-state index contributed by atoms with van der Waals surface area (Å²) in [6, 6.07) is 12.3. The molecular formula is C18H20O2. The molecule has 2 nitrogen and oxygen atoms in total. The Balaban J connectivity index is 2.64. The third kappa shape index (κ3) is 2.74. The largest absolute Gasteiger partial charge is 0.497 e. The molecule has 0 bridgehead atoms. The van der Waals surface area contributed by atoms with Crippen molar-refractivity contribution in [2.45, 2.75) is 26.7 Å². The highest BCUT2D eigenvalue weighted by molar-refractivity contribution is 5.74. The molecule has 0 spiro atoms. The highest BCUT2D eigenvalue weighted by atomic mass is 16.5. The van der Waals surface area contributed by atoms with Crippen LogP contribution < -0.4 is 4.74 Å². The maximum absolute atomic E-state index is 11.0. The quantitative estimate of drug-likeness (QED) is 0.774. The Morgan fingerprint density at radius 2 is 1.75 bits per heavy atom. The first kappa shape index (κ1) is 14.3. The predicted molar refractivity (Wildman–Crippen MR) is 82.4 cm³/mol. The number of ether oxygens (including phenoxy) is 1. The number of carbonyl (C=O) groups excluding carboxylic acids is 1. The lowest BCUT2D eigenvalue weighted by molar-refractivity contribution is -0.108. The van der Waals surface area contributed by atoms with Crippen molar-refractivity contribution in [3.63, 3.8) is 0 Å². The Hall–Kier alpha value is -2.09. The van der Waals surface area contributed by atoms with Gasteiger partial charge in [0.05, 0.1) is 7.11 Å². The van der Waals surface area contributed by atoms with Crippen LogP contribution in [0.5, 0.6) is 5.75 Å². The van der Waals surface area contributed by atoms with Gasteiger partial charge in [-0.15, -0.1) is 0 Å². The molecule has 0 radical (unpaired) electrons. The molecule has 0 amide bonds. The molecule has 2 rings (SSSR count). The fraction of sp³-hybridized carbons (Fsp3) is 0.278. The van der Waals surface area contributed by atoms with Gasteiger partial charge in [0.1, 0.15) is 12.0 Å². The second-order valence-electron chi connectivity index (χ2n) is 5.19. The average molecular weight is 268 g/mol. The maximum atomic E-state index is 11.0. The van der Waals surface area contributed by atoms with E-state index in [2.05, 4.69) is 38.1 Å². The molecule has 0 saturated heterocycles. The van der Waals surface area contributed by atoms with Crippen LogP contribution in [0.15, 0.2) is 36.4 Å². The topological polar surface area (TPSA) is 26.3 Å². The van der Waals surface area contributed by atoms with Crippen LogP contribution in [-0.4, -0.2) is 13.4 Å². The molecule has 0 aromatic heterocycles. The highest BCUT2D eigenvalue weighted by Gasteiger charge is 2.11. The van der Waals surface area contributed by atoms with Crippen molar-refractivity contribution in [3.05, 3.63) is 53.1 Å². The molecule has 2 aromatic carbocycles. The van der Waals surface area contributed by atoms with Crippen LogP contribution in [0.2, 0.25) is 0 Å². The Kier molecular flexibility index (Phi) is 4.23. The van der Waals surface area contributed by atoms with Crippen LogP contribution >= 0.6 is 0 Å². The van der Waals surface area contributed by atoms with E-state index >= 15 is 0 Å². The first-order chi connectivity index (χ1) is 9.56. The Bertz CT molecular complexity index is 609. The van der Waals surface area contributed by atoms with Crippen LogP contribution in [0, 0.1) is 13.8 Å². The second-order valence-corrected chi connectivity index (χ2v) is 5.19. The van der Waals surface area contributed by atoms with E-state index in [0.717, 1.165) is 23.2 Å². The van der Waals surface area contributed by atoms with Crippen molar-refractivity contribution in [1.29, 1.82) is 0 Å². The van der Waals surface area contributed by atoms with Gasteiger partial charge in [0, 0.05) is 5.92 Å². The van der Waals surface area contributed by atoms with Gasteiger partial charge < -0.3 is 9.53 Å². The normalized spacial score (nSPS) is 12.0. The third-order valence-corrected chi connectivity index (χ3v) is 3.66. The fourth-order valence-electron chi connectivity index (χ4n) is 2.50. The Morgan fingerprint density at radius 1 is 1.10 bits per heavy atom. The van der Waals surface area contributed by atoms with Crippen molar-refractivity contribution < 1.29 is 9.53 Å². The van der Waals surface area contributed by atoms with Gasteiger partial charge in [-0.3, -0.25) is 0 Å². The minimum Gasteiger partial charge on any atom is -0.497 e. The van der Waals surface area contributed by atoms with E-state index in [9.17, 15) is 4.79 Å². The molecule has 104 valence electrons. The van der Waals surface area contributed by atoms with Crippen LogP contribution in [0.3, 0.4) is 0 Å². The van der Waals surface area contributed by atoms with Gasteiger partial charge in [-0.2, -0.15) is 0 Å². The Labute approximate surface area is 120 Å². The molecule has 0 N–H and O–H groups in total. The molecule has 0 aliphatic carbocycles. The molecule has 0 fully saturated rings. The number of methoxy groups -OCH3 is 1. The van der Waals surface area contributed by atoms with E-state index < -0.39 is 0 Å². The zero-order valence-electron chi connectivity index (χ0n) is 12.4. The summed E-state index contributed by atoms with van der Waals surface area (Å²) in [5.41, 5.74) is 5.75. The van der Waals surface area contributed by atoms with Crippen LogP contribution in [-0.2, 0) is 4.79 Å². The van der Waals surface area contributed by atoms with Gasteiger partial charge in [-0.25, -0.2) is 0 Å². The number of aryl methyl sites for hydroxylation is 2. The monoisotopic (exact) mass is 268 g/mol. The SMILES string of the molecule is COc1cc(-c2c(C)cccc2C)cc(C(C)C=O)c1. The molecular weight excluding hydrogens is 248 g/mol. The van der Waals surface area contributed by atoms with E-state index in [1.165, 1.54) is 16.7 Å². The predicted octanol–water partition coefficient (Wildman–Crippen LogP) is 4.28. The summed E-state index contributed by atoms with van der Waals surface area (Å²) < 4.78 is 5.38. The summed E-state index contributed by atoms with van der Waals surface area (Å²) in [4.78, 5) is 11.0. The molecule has 2 aromatic rings. The highest BCUT2D eigenvalue weighted by Crippen LogP contribution is 2.32. The summed E-state index contributed by atoms with van der Waals surface area (Å²) >= 11 is 0. The molecule has 20 heavy (non-hydrogen) atoms. The smallest absolute Gasteiger partial charge is 0.127 e. The molecule has 0 heterocycles. The summed E-state index contributed by atoms with van der Waals surface area (Å²) in [5, 5.41) is 0. The average Bonchev–Trinajstić information content (AvgIpc) is 2.45. The lowest BCUT2D eigenvalue weighted by atomic mass is 9.92. The summed E-state index contributed by atoms with van der Waals surface area (Å²) in [5.74, 6) is 0.655. The van der Waals surface area contributed by atoms with Crippen molar-refractivity contribution in [2.75, 3.05) is 7.11 Å². The molecule has 0 aliphatic rings. The number of hydrogen-bond donors (Lipinski definition) is 0. The molecule has 1 atom stereocenters. The lowest BCUT2D eigenvalue weighted by Gasteiger charge is -2.14. The minimum atomic E-state index is -0.131. The van der Waals surface area contributed by atoms with Gasteiger partial charge in [-0.1, -0.05) is 31.2 Å². The van der Waals surface area contributed by atoms with E-state index in [1.807, 2.05) is 19.1 Å². The molecule has 1 unspecified atom stereocenters. The first-order valence-corrected chi connectivity index (χ1v) is 6.77. The number of rotatable bonds is 4. The van der Waals surface area contributed by atoms with Crippen LogP contribution in [0.25, 0.3) is 11.1 Å². The fourth-order valence-corrected chi connectivity index (χ4v) is 2.50. The lowest BCUT2D eigenvalue weighted by Crippen LogP contribution is -1.97. The standard InChI is InChI=1S/C18H20O2/c1-12-6-5-7-13(2)18(12)16-8-15(14(3)11-19)9-17(10-16)20-4/h5-11,14H,1-4H3. The number of benzene rings is 2. The van der Waals surface area contributed by atoms with Gasteiger partial charge in [0.2, 0.25) is 0 Å². The van der Waals surface area contributed by atoms with Crippen molar-refractivity contribution >= 4 is 6.29 Å². The maximum Gasteiger partial charge on any atom is 0.127 e. The first-order valence-electron chi connectivity index (χ1n) is 6.77. The zero-order valence-corrected chi connectivity index (χ0v) is 12.4. The van der Waals surface area contributed by atoms with Crippen LogP contribution in [0.1, 0.15) is 29.5 Å². The third-order valence-electron chi connectivity index (χ3n) is 3.66. The summed E-state index contributed by atoms with van der Waals surface area (Å²) in [6.07, 6.45) is 0.962.